The lowest BCUT2D eigenvalue weighted by Gasteiger charge is -2.34. The number of benzene rings is 1. The number of carbonyl (C=O) groups excluding carboxylic acids is 1. The van der Waals surface area contributed by atoms with Crippen LogP contribution in [0.4, 0.5) is 5.69 Å². The highest BCUT2D eigenvalue weighted by Gasteiger charge is 2.20. The van der Waals surface area contributed by atoms with Crippen molar-refractivity contribution >= 4 is 34.1 Å². The lowest BCUT2D eigenvalue weighted by Crippen LogP contribution is -2.36. The molecule has 0 aliphatic carbocycles. The van der Waals surface area contributed by atoms with Crippen LogP contribution in [0.15, 0.2) is 24.3 Å². The lowest BCUT2D eigenvalue weighted by atomic mass is 9.99. The highest BCUT2D eigenvalue weighted by Crippen LogP contribution is 2.26. The molecule has 104 valence electrons. The summed E-state index contributed by atoms with van der Waals surface area (Å²) in [5, 5.41) is 0. The van der Waals surface area contributed by atoms with Crippen molar-refractivity contribution in [3.63, 3.8) is 0 Å². The Morgan fingerprint density at radius 1 is 1.58 bits per heavy atom. The number of methoxy groups -OCH3 is 1. The largest absolute Gasteiger partial charge is 0.465 e. The van der Waals surface area contributed by atoms with Gasteiger partial charge in [0.2, 0.25) is 0 Å². The minimum atomic E-state index is -0.277. The summed E-state index contributed by atoms with van der Waals surface area (Å²) in [5.74, 6) is 1.48. The molecule has 1 unspecified atom stereocenters. The van der Waals surface area contributed by atoms with E-state index < -0.39 is 0 Å². The van der Waals surface area contributed by atoms with Crippen LogP contribution in [0, 0.1) is 5.92 Å². The molecule has 0 saturated carbocycles. The summed E-state index contributed by atoms with van der Waals surface area (Å²) >= 11 is 4.24. The zero-order chi connectivity index (χ0) is 13.7. The van der Waals surface area contributed by atoms with E-state index >= 15 is 0 Å². The maximum absolute atomic E-state index is 11.6. The van der Waals surface area contributed by atoms with Crippen molar-refractivity contribution in [2.24, 2.45) is 5.92 Å². The van der Waals surface area contributed by atoms with E-state index in [0.717, 1.165) is 24.5 Å². The van der Waals surface area contributed by atoms with E-state index in [0.29, 0.717) is 11.5 Å². The van der Waals surface area contributed by atoms with Gasteiger partial charge in [-0.25, -0.2) is 4.79 Å². The smallest absolute Gasteiger partial charge is 0.337 e. The second kappa shape index (κ2) is 7.10. The second-order valence-electron chi connectivity index (χ2n) is 4.79. The van der Waals surface area contributed by atoms with Crippen molar-refractivity contribution in [1.29, 1.82) is 0 Å². The number of rotatable bonds is 4. The van der Waals surface area contributed by atoms with E-state index in [1.165, 1.54) is 20.0 Å². The maximum Gasteiger partial charge on any atom is 0.337 e. The Kier molecular flexibility index (Phi) is 5.45. The molecule has 1 aromatic carbocycles. The number of ether oxygens (including phenoxy) is 1. The predicted octanol–water partition coefficient (Wildman–Crippen LogP) is 3.27. The fraction of sp³-hybridized carbons (Fsp3) is 0.500. The van der Waals surface area contributed by atoms with Crippen molar-refractivity contribution in [2.75, 3.05) is 30.9 Å². The number of hydrogen-bond acceptors (Lipinski definition) is 5. The molecule has 19 heavy (non-hydrogen) atoms. The number of thiol groups is 1. The molecule has 0 aromatic heterocycles. The van der Waals surface area contributed by atoms with Crippen LogP contribution < -0.4 is 4.90 Å². The summed E-state index contributed by atoms with van der Waals surface area (Å²) < 4.78 is 4.77. The maximum atomic E-state index is 11.6. The van der Waals surface area contributed by atoms with Crippen molar-refractivity contribution in [3.8, 4) is 0 Å². The van der Waals surface area contributed by atoms with Crippen LogP contribution in [0.3, 0.4) is 0 Å². The molecule has 1 atom stereocenters. The van der Waals surface area contributed by atoms with Gasteiger partial charge in [-0.1, -0.05) is 16.9 Å². The molecular formula is C14H19NO2S2. The van der Waals surface area contributed by atoms with Crippen LogP contribution in [-0.4, -0.2) is 31.9 Å². The number of piperidine rings is 1. The number of carbonyl (C=O) groups is 1. The van der Waals surface area contributed by atoms with Gasteiger partial charge in [0.1, 0.15) is 0 Å². The predicted molar refractivity (Wildman–Crippen MR) is 84.2 cm³/mol. The molecule has 3 nitrogen and oxygen atoms in total. The van der Waals surface area contributed by atoms with E-state index in [1.54, 1.807) is 16.9 Å². The molecule has 1 heterocycles. The first-order valence-electron chi connectivity index (χ1n) is 6.44. The number of anilines is 1. The fourth-order valence-electron chi connectivity index (χ4n) is 2.49. The molecule has 0 bridgehead atoms. The molecule has 1 aliphatic rings. The Bertz CT molecular complexity index is 437. The van der Waals surface area contributed by atoms with E-state index in [1.807, 2.05) is 12.1 Å². The third kappa shape index (κ3) is 3.83. The molecule has 1 saturated heterocycles. The average molecular weight is 297 g/mol. The first kappa shape index (κ1) is 14.6. The van der Waals surface area contributed by atoms with Crippen LogP contribution in [0.25, 0.3) is 0 Å². The lowest BCUT2D eigenvalue weighted by molar-refractivity contribution is 0.0601. The Morgan fingerprint density at radius 2 is 2.42 bits per heavy atom. The number of esters is 1. The summed E-state index contributed by atoms with van der Waals surface area (Å²) in [6, 6.07) is 7.68. The normalized spacial score (nSPS) is 19.3. The zero-order valence-corrected chi connectivity index (χ0v) is 12.8. The van der Waals surface area contributed by atoms with Crippen LogP contribution >= 0.6 is 22.5 Å². The van der Waals surface area contributed by atoms with Gasteiger partial charge in [-0.3, -0.25) is 0 Å². The third-order valence-corrected chi connectivity index (χ3v) is 4.53. The van der Waals surface area contributed by atoms with Crippen molar-refractivity contribution in [3.05, 3.63) is 29.8 Å². The van der Waals surface area contributed by atoms with Gasteiger partial charge < -0.3 is 9.64 Å². The topological polar surface area (TPSA) is 29.5 Å². The minimum absolute atomic E-state index is 0.277. The Labute approximate surface area is 123 Å². The summed E-state index contributed by atoms with van der Waals surface area (Å²) in [6.45, 7) is 2.09. The van der Waals surface area contributed by atoms with E-state index in [4.69, 9.17) is 4.74 Å². The van der Waals surface area contributed by atoms with E-state index in [2.05, 4.69) is 22.6 Å². The number of nitrogens with zero attached hydrogens (tertiary/aromatic N) is 1. The molecule has 2 rings (SSSR count). The second-order valence-corrected chi connectivity index (χ2v) is 6.16. The summed E-state index contributed by atoms with van der Waals surface area (Å²) in [4.78, 5) is 13.9. The molecule has 5 heteroatoms. The summed E-state index contributed by atoms with van der Waals surface area (Å²) in [5.41, 5.74) is 1.72. The standard InChI is InChI=1S/C14H19NO2S2/c1-17-14(16)12-5-2-6-13(8-12)15-7-3-4-11(9-15)10-19-18/h2,5-6,8,11,18H,3-4,7,9-10H2,1H3. The van der Waals surface area contributed by atoms with Crippen molar-refractivity contribution < 1.29 is 9.53 Å². The van der Waals surface area contributed by atoms with Gasteiger partial charge in [-0.15, -0.1) is 11.7 Å². The Morgan fingerprint density at radius 3 is 3.16 bits per heavy atom. The highest BCUT2D eigenvalue weighted by molar-refractivity contribution is 8.68. The molecular weight excluding hydrogens is 278 g/mol. The molecule has 0 amide bonds. The molecule has 1 aromatic rings. The van der Waals surface area contributed by atoms with Crippen LogP contribution in [0.2, 0.25) is 0 Å². The number of hydrogen-bond donors (Lipinski definition) is 1. The monoisotopic (exact) mass is 297 g/mol. The molecule has 0 N–H and O–H groups in total. The fourth-order valence-corrected chi connectivity index (χ4v) is 3.60. The molecule has 0 spiro atoms. The van der Waals surface area contributed by atoms with Gasteiger partial charge in [0.15, 0.2) is 0 Å². The van der Waals surface area contributed by atoms with Crippen LogP contribution in [0.1, 0.15) is 23.2 Å². The van der Waals surface area contributed by atoms with Crippen molar-refractivity contribution in [1.82, 2.24) is 0 Å². The Balaban J connectivity index is 2.10. The summed E-state index contributed by atoms with van der Waals surface area (Å²) in [7, 11) is 3.02. The van der Waals surface area contributed by atoms with Gasteiger partial charge in [-0.05, 0) is 37.0 Å². The first-order chi connectivity index (χ1) is 9.24. The molecule has 0 radical (unpaired) electrons. The van der Waals surface area contributed by atoms with Crippen LogP contribution in [0.5, 0.6) is 0 Å². The van der Waals surface area contributed by atoms with E-state index in [9.17, 15) is 4.79 Å². The van der Waals surface area contributed by atoms with Gasteiger partial charge in [0.25, 0.3) is 0 Å². The van der Waals surface area contributed by atoms with Gasteiger partial charge in [-0.2, -0.15) is 0 Å². The summed E-state index contributed by atoms with van der Waals surface area (Å²) in [6.07, 6.45) is 2.46. The SMILES string of the molecule is COC(=O)c1cccc(N2CCCC(CSS)C2)c1. The highest BCUT2D eigenvalue weighted by atomic mass is 33.1. The van der Waals surface area contributed by atoms with Crippen molar-refractivity contribution in [2.45, 2.75) is 12.8 Å². The van der Waals surface area contributed by atoms with Crippen LogP contribution in [-0.2, 0) is 4.74 Å². The average Bonchev–Trinajstić information content (AvgIpc) is 2.47. The van der Waals surface area contributed by atoms with Gasteiger partial charge in [0, 0.05) is 24.5 Å². The zero-order valence-electron chi connectivity index (χ0n) is 11.0. The Hall–Kier alpha value is -0.810. The first-order valence-corrected chi connectivity index (χ1v) is 8.48. The van der Waals surface area contributed by atoms with Gasteiger partial charge in [0.05, 0.1) is 12.7 Å². The quantitative estimate of drug-likeness (QED) is 0.525. The third-order valence-electron chi connectivity index (χ3n) is 3.46. The molecule has 1 fully saturated rings. The minimum Gasteiger partial charge on any atom is -0.465 e. The van der Waals surface area contributed by atoms with E-state index in [-0.39, 0.29) is 5.97 Å². The molecule has 1 aliphatic heterocycles. The van der Waals surface area contributed by atoms with Gasteiger partial charge >= 0.3 is 5.97 Å².